The van der Waals surface area contributed by atoms with Crippen molar-refractivity contribution in [1.29, 1.82) is 0 Å². The number of hydrogen-bond donors (Lipinski definition) is 1. The fourth-order valence-corrected chi connectivity index (χ4v) is 2.15. The van der Waals surface area contributed by atoms with Crippen molar-refractivity contribution < 1.29 is 14.0 Å². The largest absolute Gasteiger partial charge is 0.397 e. The van der Waals surface area contributed by atoms with Crippen LogP contribution in [0, 0.1) is 17.7 Å². The van der Waals surface area contributed by atoms with E-state index in [1.165, 1.54) is 12.1 Å². The molecule has 2 unspecified atom stereocenters. The number of nitrogens with two attached hydrogens (primary N) is 1. The predicted molar refractivity (Wildman–Crippen MR) is 54.9 cm³/mol. The highest BCUT2D eigenvalue weighted by Gasteiger charge is 2.59. The summed E-state index contributed by atoms with van der Waals surface area (Å²) in [5.41, 5.74) is 6.01. The van der Waals surface area contributed by atoms with Gasteiger partial charge in [-0.15, -0.1) is 0 Å². The highest BCUT2D eigenvalue weighted by Crippen LogP contribution is 2.49. The average molecular weight is 220 g/mol. The number of nitrogens with zero attached hydrogens (tertiary/aromatic N) is 1. The Bertz CT molecular complexity index is 495. The van der Waals surface area contributed by atoms with Gasteiger partial charge in [-0.3, -0.25) is 9.59 Å². The fourth-order valence-electron chi connectivity index (χ4n) is 2.15. The van der Waals surface area contributed by atoms with Gasteiger partial charge in [-0.2, -0.15) is 0 Å². The first kappa shape index (κ1) is 9.33. The minimum absolute atomic E-state index is 0.114. The molecule has 2 N–H and O–H groups in total. The molecule has 16 heavy (non-hydrogen) atoms. The molecule has 1 aliphatic heterocycles. The van der Waals surface area contributed by atoms with E-state index in [4.69, 9.17) is 5.73 Å². The number of halogens is 1. The van der Waals surface area contributed by atoms with Gasteiger partial charge in [0.15, 0.2) is 0 Å². The Morgan fingerprint density at radius 1 is 1.25 bits per heavy atom. The Balaban J connectivity index is 2.04. The summed E-state index contributed by atoms with van der Waals surface area (Å²) in [5.74, 6) is -1.25. The normalized spacial score (nSPS) is 27.2. The van der Waals surface area contributed by atoms with Crippen LogP contribution >= 0.6 is 0 Å². The quantitative estimate of drug-likeness (QED) is 0.565. The van der Waals surface area contributed by atoms with Crippen molar-refractivity contribution >= 4 is 23.2 Å². The van der Waals surface area contributed by atoms with Crippen LogP contribution in [0.15, 0.2) is 18.2 Å². The molecular formula is C11H9FN2O2. The fraction of sp³-hybridized carbons (Fsp3) is 0.273. The number of carbonyl (C=O) groups is 2. The number of anilines is 2. The third-order valence-corrected chi connectivity index (χ3v) is 3.10. The molecule has 1 heterocycles. The number of imide groups is 1. The molecule has 5 heteroatoms. The zero-order valence-corrected chi connectivity index (χ0v) is 8.31. The molecule has 82 valence electrons. The molecule has 0 aromatic heterocycles. The lowest BCUT2D eigenvalue weighted by Gasteiger charge is -2.18. The SMILES string of the molecule is Nc1cc(F)ccc1N1C(=O)C2CC2C1=O. The minimum atomic E-state index is -0.481. The second kappa shape index (κ2) is 2.81. The number of hydrogen-bond acceptors (Lipinski definition) is 3. The maximum Gasteiger partial charge on any atom is 0.237 e. The van der Waals surface area contributed by atoms with E-state index in [1.807, 2.05) is 0 Å². The Hall–Kier alpha value is -1.91. The van der Waals surface area contributed by atoms with Gasteiger partial charge in [-0.1, -0.05) is 0 Å². The lowest BCUT2D eigenvalue weighted by molar-refractivity contribution is -0.123. The summed E-state index contributed by atoms with van der Waals surface area (Å²) in [5, 5.41) is 0. The smallest absolute Gasteiger partial charge is 0.237 e. The molecule has 4 nitrogen and oxygen atoms in total. The molecule has 2 aliphatic rings. The van der Waals surface area contributed by atoms with Crippen LogP contribution in [0.1, 0.15) is 6.42 Å². The first-order valence-corrected chi connectivity index (χ1v) is 5.02. The van der Waals surface area contributed by atoms with Crippen molar-refractivity contribution in [2.24, 2.45) is 11.8 Å². The van der Waals surface area contributed by atoms with Gasteiger partial charge in [0.1, 0.15) is 5.82 Å². The van der Waals surface area contributed by atoms with Gasteiger partial charge < -0.3 is 5.73 Å². The summed E-state index contributed by atoms with van der Waals surface area (Å²) in [6, 6.07) is 3.67. The van der Waals surface area contributed by atoms with Crippen LogP contribution in [-0.2, 0) is 9.59 Å². The lowest BCUT2D eigenvalue weighted by atomic mass is 10.2. The number of piperidine rings is 1. The molecule has 1 saturated carbocycles. The second-order valence-corrected chi connectivity index (χ2v) is 4.16. The second-order valence-electron chi connectivity index (χ2n) is 4.16. The molecule has 0 radical (unpaired) electrons. The Labute approximate surface area is 90.8 Å². The Morgan fingerprint density at radius 3 is 2.44 bits per heavy atom. The van der Waals surface area contributed by atoms with Crippen LogP contribution in [0.5, 0.6) is 0 Å². The first-order valence-electron chi connectivity index (χ1n) is 5.02. The molecule has 1 saturated heterocycles. The number of rotatable bonds is 1. The highest BCUT2D eigenvalue weighted by molar-refractivity contribution is 6.25. The lowest BCUT2D eigenvalue weighted by Crippen LogP contribution is -2.33. The van der Waals surface area contributed by atoms with E-state index in [1.54, 1.807) is 0 Å². The third kappa shape index (κ3) is 1.08. The summed E-state index contributed by atoms with van der Waals surface area (Å²) in [4.78, 5) is 24.6. The monoisotopic (exact) mass is 220 g/mol. The van der Waals surface area contributed by atoms with Gasteiger partial charge in [0.2, 0.25) is 11.8 Å². The minimum Gasteiger partial charge on any atom is -0.397 e. The number of nitrogen functional groups attached to an aromatic ring is 1. The van der Waals surface area contributed by atoms with E-state index in [9.17, 15) is 14.0 Å². The molecular weight excluding hydrogens is 211 g/mol. The van der Waals surface area contributed by atoms with Crippen molar-refractivity contribution in [3.05, 3.63) is 24.0 Å². The summed E-state index contributed by atoms with van der Waals surface area (Å²) in [7, 11) is 0. The zero-order chi connectivity index (χ0) is 11.4. The summed E-state index contributed by atoms with van der Waals surface area (Å²) >= 11 is 0. The van der Waals surface area contributed by atoms with Crippen LogP contribution in [0.2, 0.25) is 0 Å². The van der Waals surface area contributed by atoms with E-state index in [-0.39, 0.29) is 29.3 Å². The van der Waals surface area contributed by atoms with Crippen molar-refractivity contribution in [1.82, 2.24) is 0 Å². The van der Waals surface area contributed by atoms with E-state index >= 15 is 0 Å². The third-order valence-electron chi connectivity index (χ3n) is 3.10. The van der Waals surface area contributed by atoms with E-state index in [0.29, 0.717) is 12.1 Å². The number of benzene rings is 1. The molecule has 3 rings (SSSR count). The van der Waals surface area contributed by atoms with Crippen molar-refractivity contribution in [2.75, 3.05) is 10.6 Å². The van der Waals surface area contributed by atoms with Crippen molar-refractivity contribution in [2.45, 2.75) is 6.42 Å². The van der Waals surface area contributed by atoms with Crippen LogP contribution < -0.4 is 10.6 Å². The number of amides is 2. The van der Waals surface area contributed by atoms with Crippen LogP contribution in [-0.4, -0.2) is 11.8 Å². The van der Waals surface area contributed by atoms with Gasteiger partial charge in [-0.05, 0) is 24.6 Å². The van der Waals surface area contributed by atoms with Crippen molar-refractivity contribution in [3.8, 4) is 0 Å². The topological polar surface area (TPSA) is 63.4 Å². The van der Waals surface area contributed by atoms with Gasteiger partial charge >= 0.3 is 0 Å². The number of fused-ring (bicyclic) bond motifs is 1. The van der Waals surface area contributed by atoms with E-state index < -0.39 is 5.82 Å². The van der Waals surface area contributed by atoms with Gasteiger partial charge in [-0.25, -0.2) is 9.29 Å². The van der Waals surface area contributed by atoms with E-state index in [2.05, 4.69) is 0 Å². The summed E-state index contributed by atoms with van der Waals surface area (Å²) in [6.45, 7) is 0. The van der Waals surface area contributed by atoms with Gasteiger partial charge in [0, 0.05) is 0 Å². The predicted octanol–water partition coefficient (Wildman–Crippen LogP) is 0.917. The highest BCUT2D eigenvalue weighted by atomic mass is 19.1. The summed E-state index contributed by atoms with van der Waals surface area (Å²) in [6.07, 6.45) is 0.648. The molecule has 2 amide bonds. The molecule has 1 aromatic carbocycles. The van der Waals surface area contributed by atoms with Gasteiger partial charge in [0.25, 0.3) is 0 Å². The molecule has 0 bridgehead atoms. The maximum absolute atomic E-state index is 12.8. The van der Waals surface area contributed by atoms with Gasteiger partial charge in [0.05, 0.1) is 23.2 Å². The van der Waals surface area contributed by atoms with Crippen LogP contribution in [0.4, 0.5) is 15.8 Å². The molecule has 2 atom stereocenters. The molecule has 1 aromatic rings. The zero-order valence-electron chi connectivity index (χ0n) is 8.31. The van der Waals surface area contributed by atoms with E-state index in [0.717, 1.165) is 11.0 Å². The van der Waals surface area contributed by atoms with Crippen LogP contribution in [0.25, 0.3) is 0 Å². The number of carbonyl (C=O) groups excluding carboxylic acids is 2. The van der Waals surface area contributed by atoms with Crippen LogP contribution in [0.3, 0.4) is 0 Å². The summed E-state index contributed by atoms with van der Waals surface area (Å²) < 4.78 is 12.8. The molecule has 2 fully saturated rings. The Morgan fingerprint density at radius 2 is 1.88 bits per heavy atom. The van der Waals surface area contributed by atoms with Crippen molar-refractivity contribution in [3.63, 3.8) is 0 Å². The maximum atomic E-state index is 12.8. The standard InChI is InChI=1S/C11H9FN2O2/c12-5-1-2-9(8(13)3-5)14-10(15)6-4-7(6)11(14)16/h1-3,6-7H,4,13H2. The first-order chi connectivity index (χ1) is 7.59. The molecule has 0 spiro atoms. The average Bonchev–Trinajstić information content (AvgIpc) is 2.96. The Kier molecular flexibility index (Phi) is 1.64. The molecule has 1 aliphatic carbocycles.